The third kappa shape index (κ3) is 49.4. The van der Waals surface area contributed by atoms with E-state index in [1.54, 1.807) is 0 Å². The predicted molar refractivity (Wildman–Crippen MR) is 266 cm³/mol. The molecule has 0 aliphatic heterocycles. The van der Waals surface area contributed by atoms with Crippen LogP contribution < -0.4 is 0 Å². The van der Waals surface area contributed by atoms with Crippen LogP contribution in [0.25, 0.3) is 0 Å². The van der Waals surface area contributed by atoms with Crippen molar-refractivity contribution < 1.29 is 28.6 Å². The Balaban J connectivity index is 4.22. The summed E-state index contributed by atoms with van der Waals surface area (Å²) >= 11 is 0. The quantitative estimate of drug-likeness (QED) is 0.0344. The van der Waals surface area contributed by atoms with Gasteiger partial charge in [0.05, 0.1) is 0 Å². The summed E-state index contributed by atoms with van der Waals surface area (Å²) in [5, 5.41) is 0. The summed E-state index contributed by atoms with van der Waals surface area (Å²) in [7, 11) is 0. The summed E-state index contributed by atoms with van der Waals surface area (Å²) in [6, 6.07) is 0. The Bertz CT molecular complexity index is 947. The van der Waals surface area contributed by atoms with Gasteiger partial charge in [0.15, 0.2) is 6.10 Å². The molecule has 0 aromatic carbocycles. The molecule has 6 nitrogen and oxygen atoms in total. The lowest BCUT2D eigenvalue weighted by atomic mass is 10.0. The van der Waals surface area contributed by atoms with E-state index >= 15 is 0 Å². The molecule has 0 spiro atoms. The maximum absolute atomic E-state index is 12.8. The number of hydrogen-bond acceptors (Lipinski definition) is 6. The number of esters is 3. The van der Waals surface area contributed by atoms with Crippen molar-refractivity contribution in [1.29, 1.82) is 0 Å². The van der Waals surface area contributed by atoms with Gasteiger partial charge in [-0.3, -0.25) is 14.4 Å². The van der Waals surface area contributed by atoms with Crippen molar-refractivity contribution in [2.24, 2.45) is 11.8 Å². The summed E-state index contributed by atoms with van der Waals surface area (Å²) in [5.41, 5.74) is 0. The lowest BCUT2D eigenvalue weighted by Gasteiger charge is -2.18. The molecule has 0 rings (SSSR count). The monoisotopic (exact) mass is 877 g/mol. The van der Waals surface area contributed by atoms with Gasteiger partial charge in [-0.25, -0.2) is 0 Å². The van der Waals surface area contributed by atoms with Crippen LogP contribution >= 0.6 is 0 Å². The van der Waals surface area contributed by atoms with Crippen LogP contribution in [0.4, 0.5) is 0 Å². The zero-order chi connectivity index (χ0) is 45.4. The van der Waals surface area contributed by atoms with Crippen LogP contribution in [0.15, 0.2) is 0 Å². The molecule has 368 valence electrons. The zero-order valence-corrected chi connectivity index (χ0v) is 42.5. The molecule has 1 atom stereocenters. The van der Waals surface area contributed by atoms with E-state index in [0.29, 0.717) is 19.3 Å². The van der Waals surface area contributed by atoms with Gasteiger partial charge in [-0.1, -0.05) is 272 Å². The van der Waals surface area contributed by atoms with Gasteiger partial charge in [-0.05, 0) is 31.1 Å². The summed E-state index contributed by atoms with van der Waals surface area (Å²) in [6.45, 7) is 11.4. The highest BCUT2D eigenvalue weighted by Crippen LogP contribution is 2.18. The van der Waals surface area contributed by atoms with Crippen LogP contribution in [-0.2, 0) is 28.6 Å². The van der Waals surface area contributed by atoms with Crippen molar-refractivity contribution in [3.05, 3.63) is 0 Å². The van der Waals surface area contributed by atoms with E-state index in [-0.39, 0.29) is 31.1 Å². The van der Waals surface area contributed by atoms with Gasteiger partial charge in [0.2, 0.25) is 0 Å². The molecular formula is C56H108O6. The van der Waals surface area contributed by atoms with Crippen molar-refractivity contribution in [3.63, 3.8) is 0 Å². The topological polar surface area (TPSA) is 78.9 Å². The number of carbonyl (C=O) groups is 3. The third-order valence-corrected chi connectivity index (χ3v) is 12.7. The molecule has 0 unspecified atom stereocenters. The Morgan fingerprint density at radius 1 is 0.306 bits per heavy atom. The highest BCUT2D eigenvalue weighted by molar-refractivity contribution is 5.71. The maximum atomic E-state index is 12.8. The van der Waals surface area contributed by atoms with Crippen molar-refractivity contribution in [2.75, 3.05) is 13.2 Å². The Kier molecular flexibility index (Phi) is 47.6. The molecule has 0 aromatic heterocycles. The Labute approximate surface area is 387 Å². The number of unbranched alkanes of at least 4 members (excludes halogenated alkanes) is 35. The first-order chi connectivity index (χ1) is 30.2. The predicted octanol–water partition coefficient (Wildman–Crippen LogP) is 18.1. The first-order valence-electron chi connectivity index (χ1n) is 27.7. The van der Waals surface area contributed by atoms with Crippen LogP contribution in [0.3, 0.4) is 0 Å². The van der Waals surface area contributed by atoms with Crippen LogP contribution in [-0.4, -0.2) is 37.2 Å². The number of hydrogen-bond donors (Lipinski definition) is 0. The first kappa shape index (κ1) is 60.4. The second kappa shape index (κ2) is 48.9. The van der Waals surface area contributed by atoms with E-state index < -0.39 is 6.10 Å². The summed E-state index contributed by atoms with van der Waals surface area (Å²) < 4.78 is 16.8. The van der Waals surface area contributed by atoms with Crippen molar-refractivity contribution >= 4 is 17.9 Å². The first-order valence-corrected chi connectivity index (χ1v) is 27.7. The van der Waals surface area contributed by atoms with Gasteiger partial charge in [0.1, 0.15) is 13.2 Å². The minimum atomic E-state index is -0.762. The van der Waals surface area contributed by atoms with E-state index in [9.17, 15) is 14.4 Å². The average Bonchev–Trinajstić information content (AvgIpc) is 3.24. The molecule has 0 aromatic rings. The second-order valence-electron chi connectivity index (χ2n) is 20.2. The zero-order valence-electron chi connectivity index (χ0n) is 42.5. The van der Waals surface area contributed by atoms with Gasteiger partial charge >= 0.3 is 17.9 Å². The molecule has 0 fully saturated rings. The van der Waals surface area contributed by atoms with E-state index in [4.69, 9.17) is 14.2 Å². The molecule has 62 heavy (non-hydrogen) atoms. The fraction of sp³-hybridized carbons (Fsp3) is 0.946. The average molecular weight is 877 g/mol. The standard InChI is InChI=1S/C56H108O6/c1-6-7-8-9-10-11-12-19-23-26-31-36-41-46-54(57)60-49-53(50-61-55(58)47-42-37-33-28-30-35-40-45-52(4)5)62-56(59)48-43-38-32-27-24-21-18-16-14-13-15-17-20-22-25-29-34-39-44-51(2)3/h51-53H,6-50H2,1-5H3/t53-/m1/s1. The molecule has 0 heterocycles. The smallest absolute Gasteiger partial charge is 0.306 e. The molecule has 0 radical (unpaired) electrons. The second-order valence-corrected chi connectivity index (χ2v) is 20.2. The fourth-order valence-electron chi connectivity index (χ4n) is 8.52. The Morgan fingerprint density at radius 3 is 0.790 bits per heavy atom. The minimum absolute atomic E-state index is 0.0636. The SMILES string of the molecule is CCCCCCCCCCCCCCCC(=O)OC[C@H](COC(=O)CCCCCCCCCC(C)C)OC(=O)CCCCCCCCCCCCCCCCCCCCC(C)C. The van der Waals surface area contributed by atoms with E-state index in [1.165, 1.54) is 199 Å². The van der Waals surface area contributed by atoms with Gasteiger partial charge in [-0.15, -0.1) is 0 Å². The molecule has 0 N–H and O–H groups in total. The highest BCUT2D eigenvalue weighted by Gasteiger charge is 2.19. The molecule has 0 saturated heterocycles. The molecular weight excluding hydrogens is 769 g/mol. The normalized spacial score (nSPS) is 12.0. The lowest BCUT2D eigenvalue weighted by molar-refractivity contribution is -0.167. The van der Waals surface area contributed by atoms with Crippen molar-refractivity contribution in [1.82, 2.24) is 0 Å². The van der Waals surface area contributed by atoms with Crippen LogP contribution in [0.1, 0.15) is 311 Å². The highest BCUT2D eigenvalue weighted by atomic mass is 16.6. The van der Waals surface area contributed by atoms with Gasteiger partial charge in [0, 0.05) is 19.3 Å². The molecule has 0 aliphatic rings. The molecule has 0 saturated carbocycles. The fourth-order valence-corrected chi connectivity index (χ4v) is 8.52. The Hall–Kier alpha value is -1.59. The van der Waals surface area contributed by atoms with Crippen molar-refractivity contribution in [3.8, 4) is 0 Å². The van der Waals surface area contributed by atoms with Crippen molar-refractivity contribution in [2.45, 2.75) is 317 Å². The lowest BCUT2D eigenvalue weighted by Crippen LogP contribution is -2.30. The van der Waals surface area contributed by atoms with Gasteiger partial charge < -0.3 is 14.2 Å². The molecule has 0 aliphatic carbocycles. The number of rotatable bonds is 50. The third-order valence-electron chi connectivity index (χ3n) is 12.7. The largest absolute Gasteiger partial charge is 0.462 e. The number of carbonyl (C=O) groups excluding carboxylic acids is 3. The van der Waals surface area contributed by atoms with Gasteiger partial charge in [-0.2, -0.15) is 0 Å². The van der Waals surface area contributed by atoms with Crippen LogP contribution in [0.5, 0.6) is 0 Å². The molecule has 0 amide bonds. The van der Waals surface area contributed by atoms with E-state index in [2.05, 4.69) is 34.6 Å². The molecule has 6 heteroatoms. The summed E-state index contributed by atoms with van der Waals surface area (Å²) in [6.07, 6.45) is 51.0. The van der Waals surface area contributed by atoms with Crippen LogP contribution in [0, 0.1) is 11.8 Å². The summed E-state index contributed by atoms with van der Waals surface area (Å²) in [5.74, 6) is 0.793. The maximum Gasteiger partial charge on any atom is 0.306 e. The molecule has 0 bridgehead atoms. The minimum Gasteiger partial charge on any atom is -0.462 e. The van der Waals surface area contributed by atoms with Crippen LogP contribution in [0.2, 0.25) is 0 Å². The number of ether oxygens (including phenoxy) is 3. The van der Waals surface area contributed by atoms with E-state index in [0.717, 1.165) is 69.6 Å². The van der Waals surface area contributed by atoms with Gasteiger partial charge in [0.25, 0.3) is 0 Å². The Morgan fingerprint density at radius 2 is 0.532 bits per heavy atom. The summed E-state index contributed by atoms with van der Waals surface area (Å²) in [4.78, 5) is 38.0. The van der Waals surface area contributed by atoms with E-state index in [1.807, 2.05) is 0 Å².